The lowest BCUT2D eigenvalue weighted by Gasteiger charge is -2.09. The minimum atomic E-state index is 0.160. The van der Waals surface area contributed by atoms with Gasteiger partial charge in [0.05, 0.1) is 11.0 Å². The van der Waals surface area contributed by atoms with Crippen LogP contribution in [0.25, 0.3) is 11.0 Å². The van der Waals surface area contributed by atoms with Crippen LogP contribution in [0.2, 0.25) is 0 Å². The van der Waals surface area contributed by atoms with Crippen LogP contribution in [0.4, 0.5) is 0 Å². The molecule has 0 atom stereocenters. The van der Waals surface area contributed by atoms with E-state index in [4.69, 9.17) is 0 Å². The molecule has 1 fully saturated rings. The van der Waals surface area contributed by atoms with Crippen molar-refractivity contribution in [3.05, 3.63) is 30.1 Å². The first kappa shape index (κ1) is 13.2. The maximum atomic E-state index is 11.8. The van der Waals surface area contributed by atoms with Crippen LogP contribution >= 0.6 is 0 Å². The second-order valence-electron chi connectivity index (χ2n) is 5.51. The highest BCUT2D eigenvalue weighted by molar-refractivity contribution is 5.78. The number of imidazole rings is 1. The quantitative estimate of drug-likeness (QED) is 0.878. The number of benzene rings is 1. The van der Waals surface area contributed by atoms with Crippen molar-refractivity contribution in [1.82, 2.24) is 14.9 Å². The van der Waals surface area contributed by atoms with Crippen LogP contribution in [-0.2, 0) is 17.8 Å². The molecule has 0 unspecified atom stereocenters. The molecule has 1 aromatic heterocycles. The number of aromatic nitrogens is 2. The van der Waals surface area contributed by atoms with Crippen molar-refractivity contribution in [2.75, 3.05) is 0 Å². The average molecular weight is 271 g/mol. The lowest BCUT2D eigenvalue weighted by Crippen LogP contribution is -2.26. The number of aryl methyl sites for hydroxylation is 2. The summed E-state index contributed by atoms with van der Waals surface area (Å²) in [5.41, 5.74) is 2.16. The zero-order chi connectivity index (χ0) is 13.9. The summed E-state index contributed by atoms with van der Waals surface area (Å²) in [6, 6.07) is 8.60. The molecule has 1 amide bonds. The number of carbonyl (C=O) groups is 1. The van der Waals surface area contributed by atoms with Gasteiger partial charge in [-0.15, -0.1) is 0 Å². The molecule has 4 nitrogen and oxygen atoms in total. The summed E-state index contributed by atoms with van der Waals surface area (Å²) < 4.78 is 2.20. The van der Waals surface area contributed by atoms with Crippen molar-refractivity contribution in [1.29, 1.82) is 0 Å². The van der Waals surface area contributed by atoms with Crippen molar-refractivity contribution in [3.63, 3.8) is 0 Å². The number of hydrogen-bond acceptors (Lipinski definition) is 2. The summed E-state index contributed by atoms with van der Waals surface area (Å²) >= 11 is 0. The largest absolute Gasteiger partial charge is 0.353 e. The van der Waals surface area contributed by atoms with E-state index in [1.165, 1.54) is 0 Å². The molecule has 0 bridgehead atoms. The van der Waals surface area contributed by atoms with Gasteiger partial charge in [0.25, 0.3) is 0 Å². The Morgan fingerprint density at radius 1 is 1.40 bits per heavy atom. The van der Waals surface area contributed by atoms with E-state index in [-0.39, 0.29) is 5.91 Å². The summed E-state index contributed by atoms with van der Waals surface area (Å²) in [7, 11) is 0. The highest BCUT2D eigenvalue weighted by atomic mass is 16.1. The molecule has 1 aromatic carbocycles. The molecule has 0 spiro atoms. The zero-order valence-corrected chi connectivity index (χ0v) is 11.9. The molecule has 20 heavy (non-hydrogen) atoms. The normalized spacial score (nSPS) is 14.7. The zero-order valence-electron chi connectivity index (χ0n) is 11.9. The average Bonchev–Trinajstić information content (AvgIpc) is 3.18. The highest BCUT2D eigenvalue weighted by Crippen LogP contribution is 2.20. The number of fused-ring (bicyclic) bond motifs is 1. The van der Waals surface area contributed by atoms with Gasteiger partial charge < -0.3 is 9.88 Å². The van der Waals surface area contributed by atoms with E-state index in [2.05, 4.69) is 27.9 Å². The molecule has 1 aliphatic carbocycles. The number of amides is 1. The lowest BCUT2D eigenvalue weighted by atomic mass is 10.3. The monoisotopic (exact) mass is 271 g/mol. The van der Waals surface area contributed by atoms with Gasteiger partial charge in [0.15, 0.2) is 0 Å². The smallest absolute Gasteiger partial charge is 0.222 e. The number of nitrogens with one attached hydrogen (secondary N) is 1. The van der Waals surface area contributed by atoms with E-state index in [9.17, 15) is 4.79 Å². The van der Waals surface area contributed by atoms with Gasteiger partial charge in [-0.3, -0.25) is 4.79 Å². The molecule has 2 aromatic rings. The number of rotatable bonds is 6. The van der Waals surface area contributed by atoms with Crippen molar-refractivity contribution in [2.45, 2.75) is 51.6 Å². The molecular weight excluding hydrogens is 250 g/mol. The van der Waals surface area contributed by atoms with Gasteiger partial charge in [-0.1, -0.05) is 19.1 Å². The SMILES string of the molecule is CCCc1nc2ccccc2n1CCC(=O)NC1CC1. The Labute approximate surface area is 119 Å². The summed E-state index contributed by atoms with van der Waals surface area (Å²) in [6.07, 6.45) is 4.84. The maximum absolute atomic E-state index is 11.8. The highest BCUT2D eigenvalue weighted by Gasteiger charge is 2.23. The van der Waals surface area contributed by atoms with Crippen LogP contribution in [0.5, 0.6) is 0 Å². The maximum Gasteiger partial charge on any atom is 0.222 e. The molecule has 0 saturated heterocycles. The predicted molar refractivity (Wildman–Crippen MR) is 79.5 cm³/mol. The first-order chi connectivity index (χ1) is 9.78. The van der Waals surface area contributed by atoms with Gasteiger partial charge in [-0.05, 0) is 31.4 Å². The number of para-hydroxylation sites is 2. The minimum absolute atomic E-state index is 0.160. The summed E-state index contributed by atoms with van der Waals surface area (Å²) in [5.74, 6) is 1.25. The van der Waals surface area contributed by atoms with Gasteiger partial charge >= 0.3 is 0 Å². The van der Waals surface area contributed by atoms with Crippen molar-refractivity contribution in [2.24, 2.45) is 0 Å². The fourth-order valence-electron chi connectivity index (χ4n) is 2.53. The number of carbonyl (C=O) groups excluding carboxylic acids is 1. The van der Waals surface area contributed by atoms with Crippen molar-refractivity contribution >= 4 is 16.9 Å². The van der Waals surface area contributed by atoms with Crippen LogP contribution in [0.1, 0.15) is 38.4 Å². The van der Waals surface area contributed by atoms with Gasteiger partial charge in [0.1, 0.15) is 5.82 Å². The molecular formula is C16H21N3O. The molecule has 1 N–H and O–H groups in total. The van der Waals surface area contributed by atoms with Crippen molar-refractivity contribution in [3.8, 4) is 0 Å². The van der Waals surface area contributed by atoms with E-state index in [0.29, 0.717) is 19.0 Å². The Hall–Kier alpha value is -1.84. The summed E-state index contributed by atoms with van der Waals surface area (Å²) in [5, 5.41) is 3.04. The Morgan fingerprint density at radius 2 is 2.20 bits per heavy atom. The lowest BCUT2D eigenvalue weighted by molar-refractivity contribution is -0.121. The molecule has 3 rings (SSSR count). The molecule has 1 aliphatic rings. The second kappa shape index (κ2) is 5.65. The molecule has 106 valence electrons. The van der Waals surface area contributed by atoms with Crippen LogP contribution in [0.15, 0.2) is 24.3 Å². The first-order valence-electron chi connectivity index (χ1n) is 7.51. The van der Waals surface area contributed by atoms with E-state index >= 15 is 0 Å². The third-order valence-electron chi connectivity index (χ3n) is 3.71. The Morgan fingerprint density at radius 3 is 2.95 bits per heavy atom. The molecule has 1 heterocycles. The van der Waals surface area contributed by atoms with E-state index in [1.54, 1.807) is 0 Å². The third-order valence-corrected chi connectivity index (χ3v) is 3.71. The molecule has 0 radical (unpaired) electrons. The molecule has 1 saturated carbocycles. The summed E-state index contributed by atoms with van der Waals surface area (Å²) in [4.78, 5) is 16.5. The van der Waals surface area contributed by atoms with Crippen molar-refractivity contribution < 1.29 is 4.79 Å². The Kier molecular flexibility index (Phi) is 3.72. The van der Waals surface area contributed by atoms with Crippen LogP contribution < -0.4 is 5.32 Å². The summed E-state index contributed by atoms with van der Waals surface area (Å²) in [6.45, 7) is 2.87. The van der Waals surface area contributed by atoms with Gasteiger partial charge in [-0.2, -0.15) is 0 Å². The Balaban J connectivity index is 1.77. The Bertz CT molecular complexity index is 613. The first-order valence-corrected chi connectivity index (χ1v) is 7.51. The van der Waals surface area contributed by atoms with Crippen LogP contribution in [0, 0.1) is 0 Å². The van der Waals surface area contributed by atoms with Crippen LogP contribution in [-0.4, -0.2) is 21.5 Å². The van der Waals surface area contributed by atoms with E-state index in [0.717, 1.165) is 42.5 Å². The third kappa shape index (κ3) is 2.84. The van der Waals surface area contributed by atoms with E-state index in [1.807, 2.05) is 18.2 Å². The standard InChI is InChI=1S/C16H21N3O/c1-2-5-15-18-13-6-3-4-7-14(13)19(15)11-10-16(20)17-12-8-9-12/h3-4,6-7,12H,2,5,8-11H2,1H3,(H,17,20). The van der Waals surface area contributed by atoms with E-state index < -0.39 is 0 Å². The molecule has 0 aliphatic heterocycles. The van der Waals surface area contributed by atoms with Gasteiger partial charge in [-0.25, -0.2) is 4.98 Å². The topological polar surface area (TPSA) is 46.9 Å². The van der Waals surface area contributed by atoms with Crippen LogP contribution in [0.3, 0.4) is 0 Å². The number of hydrogen-bond donors (Lipinski definition) is 1. The second-order valence-corrected chi connectivity index (χ2v) is 5.51. The fourth-order valence-corrected chi connectivity index (χ4v) is 2.53. The van der Waals surface area contributed by atoms with Gasteiger partial charge in [0, 0.05) is 25.4 Å². The molecule has 4 heteroatoms. The van der Waals surface area contributed by atoms with Gasteiger partial charge in [0.2, 0.25) is 5.91 Å². The number of nitrogens with zero attached hydrogens (tertiary/aromatic N) is 2. The predicted octanol–water partition coefficient (Wildman–Crippen LogP) is 2.66. The minimum Gasteiger partial charge on any atom is -0.353 e. The fraction of sp³-hybridized carbons (Fsp3) is 0.500.